The highest BCUT2D eigenvalue weighted by Gasteiger charge is 2.11. The van der Waals surface area contributed by atoms with Crippen LogP contribution in [0.2, 0.25) is 0 Å². The van der Waals surface area contributed by atoms with Gasteiger partial charge < -0.3 is 14.5 Å². The SMILES string of the molecule is CCOCc1ccc(C(=O)Nc2ccc(/C=C/c3ccccc3)cc2)o1. The molecule has 2 aromatic carbocycles. The molecule has 4 heteroatoms. The van der Waals surface area contributed by atoms with Crippen LogP contribution in [0.1, 0.15) is 34.4 Å². The number of hydrogen-bond donors (Lipinski definition) is 1. The predicted octanol–water partition coefficient (Wildman–Crippen LogP) is 5.24. The first-order chi connectivity index (χ1) is 12.7. The molecule has 1 aromatic heterocycles. The number of hydrogen-bond acceptors (Lipinski definition) is 3. The molecule has 1 heterocycles. The van der Waals surface area contributed by atoms with E-state index in [1.807, 2.05) is 67.6 Å². The average Bonchev–Trinajstić information content (AvgIpc) is 3.16. The highest BCUT2D eigenvalue weighted by atomic mass is 16.5. The van der Waals surface area contributed by atoms with E-state index in [9.17, 15) is 4.79 Å². The Morgan fingerprint density at radius 1 is 0.962 bits per heavy atom. The fourth-order valence-corrected chi connectivity index (χ4v) is 2.41. The summed E-state index contributed by atoms with van der Waals surface area (Å²) in [5.74, 6) is 0.631. The van der Waals surface area contributed by atoms with Gasteiger partial charge in [0.05, 0.1) is 0 Å². The van der Waals surface area contributed by atoms with E-state index in [-0.39, 0.29) is 11.7 Å². The molecule has 0 aliphatic heterocycles. The molecule has 0 bridgehead atoms. The molecule has 0 spiro atoms. The van der Waals surface area contributed by atoms with Crippen LogP contribution in [0.25, 0.3) is 12.2 Å². The third kappa shape index (κ3) is 4.94. The third-order valence-corrected chi connectivity index (χ3v) is 3.77. The molecule has 0 unspecified atom stereocenters. The molecule has 4 nitrogen and oxygen atoms in total. The lowest BCUT2D eigenvalue weighted by Crippen LogP contribution is -2.10. The molecule has 0 aliphatic rings. The highest BCUT2D eigenvalue weighted by Crippen LogP contribution is 2.15. The lowest BCUT2D eigenvalue weighted by Gasteiger charge is -2.04. The summed E-state index contributed by atoms with van der Waals surface area (Å²) in [4.78, 5) is 12.2. The summed E-state index contributed by atoms with van der Waals surface area (Å²) < 4.78 is 10.7. The van der Waals surface area contributed by atoms with E-state index < -0.39 is 0 Å². The molecule has 3 rings (SSSR count). The van der Waals surface area contributed by atoms with Gasteiger partial charge in [-0.1, -0.05) is 54.6 Å². The molecule has 0 saturated carbocycles. The number of rotatable bonds is 7. The summed E-state index contributed by atoms with van der Waals surface area (Å²) in [5, 5.41) is 2.83. The largest absolute Gasteiger partial charge is 0.453 e. The molecule has 0 radical (unpaired) electrons. The van der Waals surface area contributed by atoms with Gasteiger partial charge in [0.25, 0.3) is 5.91 Å². The fraction of sp³-hybridized carbons (Fsp3) is 0.136. The number of nitrogens with one attached hydrogen (secondary N) is 1. The van der Waals surface area contributed by atoms with Crippen molar-refractivity contribution in [3.8, 4) is 0 Å². The highest BCUT2D eigenvalue weighted by molar-refractivity contribution is 6.02. The van der Waals surface area contributed by atoms with Crippen molar-refractivity contribution >= 4 is 23.7 Å². The Morgan fingerprint density at radius 2 is 1.65 bits per heavy atom. The number of anilines is 1. The number of benzene rings is 2. The lowest BCUT2D eigenvalue weighted by atomic mass is 10.1. The standard InChI is InChI=1S/C22H21NO3/c1-2-25-16-20-14-15-21(26-20)22(24)23-19-12-10-18(11-13-19)9-8-17-6-4-3-5-7-17/h3-15H,2,16H2,1H3,(H,23,24)/b9-8+. The Hall–Kier alpha value is -3.11. The van der Waals surface area contributed by atoms with Gasteiger partial charge in [0, 0.05) is 12.3 Å². The van der Waals surface area contributed by atoms with Crippen LogP contribution in [0, 0.1) is 0 Å². The number of amides is 1. The minimum absolute atomic E-state index is 0.271. The van der Waals surface area contributed by atoms with Crippen molar-refractivity contribution < 1.29 is 13.9 Å². The van der Waals surface area contributed by atoms with Crippen molar-refractivity contribution in [1.29, 1.82) is 0 Å². The first-order valence-corrected chi connectivity index (χ1v) is 8.55. The number of ether oxygens (including phenoxy) is 1. The van der Waals surface area contributed by atoms with E-state index >= 15 is 0 Å². The summed E-state index contributed by atoms with van der Waals surface area (Å²) >= 11 is 0. The minimum atomic E-state index is -0.277. The first-order valence-electron chi connectivity index (χ1n) is 8.55. The summed E-state index contributed by atoms with van der Waals surface area (Å²) in [6, 6.07) is 21.2. The van der Waals surface area contributed by atoms with Crippen molar-refractivity contribution in [2.24, 2.45) is 0 Å². The van der Waals surface area contributed by atoms with Crippen LogP contribution in [0.3, 0.4) is 0 Å². The molecule has 132 valence electrons. The monoisotopic (exact) mass is 347 g/mol. The van der Waals surface area contributed by atoms with Gasteiger partial charge in [-0.15, -0.1) is 0 Å². The van der Waals surface area contributed by atoms with Crippen LogP contribution >= 0.6 is 0 Å². The average molecular weight is 347 g/mol. The van der Waals surface area contributed by atoms with Gasteiger partial charge in [-0.25, -0.2) is 0 Å². The molecule has 3 aromatic rings. The molecule has 1 N–H and O–H groups in total. The zero-order valence-electron chi connectivity index (χ0n) is 14.6. The molecule has 26 heavy (non-hydrogen) atoms. The molecule has 0 aliphatic carbocycles. The smallest absolute Gasteiger partial charge is 0.291 e. The molecular formula is C22H21NO3. The normalized spacial score (nSPS) is 11.0. The maximum atomic E-state index is 12.2. The van der Waals surface area contributed by atoms with Crippen LogP contribution in [0.15, 0.2) is 71.1 Å². The van der Waals surface area contributed by atoms with Gasteiger partial charge in [0.15, 0.2) is 5.76 Å². The minimum Gasteiger partial charge on any atom is -0.453 e. The molecule has 0 fully saturated rings. The van der Waals surface area contributed by atoms with E-state index in [0.717, 1.165) is 16.8 Å². The number of furan rings is 1. The van der Waals surface area contributed by atoms with Gasteiger partial charge in [-0.05, 0) is 42.3 Å². The number of carbonyl (C=O) groups is 1. The summed E-state index contributed by atoms with van der Waals surface area (Å²) in [7, 11) is 0. The fourth-order valence-electron chi connectivity index (χ4n) is 2.41. The zero-order chi connectivity index (χ0) is 18.2. The lowest BCUT2D eigenvalue weighted by molar-refractivity contribution is 0.0972. The van der Waals surface area contributed by atoms with E-state index in [1.165, 1.54) is 0 Å². The second kappa shape index (κ2) is 8.83. The zero-order valence-corrected chi connectivity index (χ0v) is 14.6. The van der Waals surface area contributed by atoms with Gasteiger partial charge in [-0.3, -0.25) is 4.79 Å². The van der Waals surface area contributed by atoms with Crippen molar-refractivity contribution in [3.63, 3.8) is 0 Å². The number of carbonyl (C=O) groups excluding carboxylic acids is 1. The predicted molar refractivity (Wildman–Crippen MR) is 104 cm³/mol. The summed E-state index contributed by atoms with van der Waals surface area (Å²) in [5.41, 5.74) is 2.92. The van der Waals surface area contributed by atoms with Gasteiger partial charge in [0.1, 0.15) is 12.4 Å². The maximum absolute atomic E-state index is 12.2. The second-order valence-electron chi connectivity index (χ2n) is 5.72. The summed E-state index contributed by atoms with van der Waals surface area (Å²) in [6.45, 7) is 2.88. The Kier molecular flexibility index (Phi) is 6.01. The van der Waals surface area contributed by atoms with Gasteiger partial charge >= 0.3 is 0 Å². The van der Waals surface area contributed by atoms with E-state index in [2.05, 4.69) is 11.4 Å². The maximum Gasteiger partial charge on any atom is 0.291 e. The Morgan fingerprint density at radius 3 is 2.35 bits per heavy atom. The van der Waals surface area contributed by atoms with Crippen LogP contribution in [0.4, 0.5) is 5.69 Å². The third-order valence-electron chi connectivity index (χ3n) is 3.77. The van der Waals surface area contributed by atoms with Crippen molar-refractivity contribution in [3.05, 3.63) is 89.4 Å². The van der Waals surface area contributed by atoms with Gasteiger partial charge in [0.2, 0.25) is 0 Å². The Bertz CT molecular complexity index is 864. The molecule has 1 amide bonds. The van der Waals surface area contributed by atoms with Crippen LogP contribution in [-0.2, 0) is 11.3 Å². The molecule has 0 saturated heterocycles. The van der Waals surface area contributed by atoms with E-state index in [1.54, 1.807) is 12.1 Å². The summed E-state index contributed by atoms with van der Waals surface area (Å²) in [6.07, 6.45) is 4.09. The quantitative estimate of drug-likeness (QED) is 0.595. The van der Waals surface area contributed by atoms with Crippen molar-refractivity contribution in [2.45, 2.75) is 13.5 Å². The second-order valence-corrected chi connectivity index (χ2v) is 5.72. The van der Waals surface area contributed by atoms with Crippen LogP contribution in [-0.4, -0.2) is 12.5 Å². The molecular weight excluding hydrogens is 326 g/mol. The first kappa shape index (κ1) is 17.7. The van der Waals surface area contributed by atoms with Gasteiger partial charge in [-0.2, -0.15) is 0 Å². The Balaban J connectivity index is 1.59. The van der Waals surface area contributed by atoms with E-state index in [4.69, 9.17) is 9.15 Å². The van der Waals surface area contributed by atoms with E-state index in [0.29, 0.717) is 19.0 Å². The Labute approximate surface area is 153 Å². The van der Waals surface area contributed by atoms with Crippen molar-refractivity contribution in [1.82, 2.24) is 0 Å². The van der Waals surface area contributed by atoms with Crippen LogP contribution in [0.5, 0.6) is 0 Å². The van der Waals surface area contributed by atoms with Crippen LogP contribution < -0.4 is 5.32 Å². The van der Waals surface area contributed by atoms with Crippen molar-refractivity contribution in [2.75, 3.05) is 11.9 Å². The molecule has 0 atom stereocenters. The topological polar surface area (TPSA) is 51.5 Å².